The van der Waals surface area contributed by atoms with E-state index in [2.05, 4.69) is 5.32 Å². The lowest BCUT2D eigenvalue weighted by Gasteiger charge is -2.13. The summed E-state index contributed by atoms with van der Waals surface area (Å²) in [7, 11) is 1.33. The molecule has 0 aliphatic rings. The van der Waals surface area contributed by atoms with Crippen molar-refractivity contribution in [3.63, 3.8) is 0 Å². The highest BCUT2D eigenvalue weighted by atomic mass is 16.6. The molecule has 0 heterocycles. The maximum absolute atomic E-state index is 12.0. The first-order chi connectivity index (χ1) is 10.3. The molecule has 0 aliphatic heterocycles. The second-order valence-electron chi connectivity index (χ2n) is 4.32. The minimum Gasteiger partial charge on any atom is -0.449 e. The molecule has 2 N–H and O–H groups in total. The van der Waals surface area contributed by atoms with E-state index in [0.717, 1.165) is 0 Å². The molecule has 118 valence electrons. The SMILES string of the molecule is CNC(=O)NC(=O)[C@H](C)OC(=O)c1cccc([N+](=O)[O-])c1C. The van der Waals surface area contributed by atoms with Crippen LogP contribution in [-0.2, 0) is 9.53 Å². The number of rotatable bonds is 4. The van der Waals surface area contributed by atoms with E-state index in [-0.39, 0.29) is 16.8 Å². The standard InChI is InChI=1S/C13H15N3O6/c1-7-9(5-4-6-10(7)16(20)21)12(18)22-8(2)11(17)15-13(19)14-3/h4-6,8H,1-3H3,(H2,14,15,17,19)/t8-/m0/s1. The van der Waals surface area contributed by atoms with Crippen LogP contribution in [0.3, 0.4) is 0 Å². The van der Waals surface area contributed by atoms with Gasteiger partial charge in [-0.2, -0.15) is 0 Å². The molecule has 9 heteroatoms. The summed E-state index contributed by atoms with van der Waals surface area (Å²) in [5.74, 6) is -1.70. The van der Waals surface area contributed by atoms with Crippen LogP contribution in [0.2, 0.25) is 0 Å². The van der Waals surface area contributed by atoms with Crippen LogP contribution in [0.4, 0.5) is 10.5 Å². The number of nitro benzene ring substituents is 1. The molecule has 1 atom stereocenters. The Morgan fingerprint density at radius 2 is 1.95 bits per heavy atom. The third-order valence-corrected chi connectivity index (χ3v) is 2.84. The number of benzene rings is 1. The van der Waals surface area contributed by atoms with E-state index in [4.69, 9.17) is 4.74 Å². The predicted octanol–water partition coefficient (Wildman–Crippen LogP) is 0.904. The Hall–Kier alpha value is -2.97. The number of imide groups is 1. The molecule has 1 rings (SSSR count). The monoisotopic (exact) mass is 309 g/mol. The molecule has 0 fully saturated rings. The van der Waals surface area contributed by atoms with Gasteiger partial charge in [0.05, 0.1) is 10.5 Å². The minimum atomic E-state index is -1.23. The number of hydrogen-bond acceptors (Lipinski definition) is 6. The topological polar surface area (TPSA) is 128 Å². The van der Waals surface area contributed by atoms with Crippen LogP contribution in [0.5, 0.6) is 0 Å². The van der Waals surface area contributed by atoms with Crippen molar-refractivity contribution in [2.24, 2.45) is 0 Å². The molecule has 0 aliphatic carbocycles. The van der Waals surface area contributed by atoms with Crippen molar-refractivity contribution in [2.45, 2.75) is 20.0 Å². The number of ether oxygens (including phenoxy) is 1. The second kappa shape index (κ2) is 7.16. The van der Waals surface area contributed by atoms with Crippen molar-refractivity contribution in [2.75, 3.05) is 7.05 Å². The summed E-state index contributed by atoms with van der Waals surface area (Å²) in [6, 6.07) is 3.22. The Morgan fingerprint density at radius 3 is 2.50 bits per heavy atom. The molecule has 0 unspecified atom stereocenters. The number of hydrogen-bond donors (Lipinski definition) is 2. The summed E-state index contributed by atoms with van der Waals surface area (Å²) < 4.78 is 4.91. The van der Waals surface area contributed by atoms with E-state index in [1.54, 1.807) is 0 Å². The van der Waals surface area contributed by atoms with Crippen LogP contribution in [-0.4, -0.2) is 36.0 Å². The number of nitrogens with one attached hydrogen (secondary N) is 2. The molecule has 9 nitrogen and oxygen atoms in total. The number of amides is 3. The minimum absolute atomic E-state index is 0.0196. The molecule has 0 saturated carbocycles. The number of esters is 1. The van der Waals surface area contributed by atoms with Crippen LogP contribution in [0.15, 0.2) is 18.2 Å². The number of carbonyl (C=O) groups excluding carboxylic acids is 3. The normalized spacial score (nSPS) is 11.2. The third-order valence-electron chi connectivity index (χ3n) is 2.84. The Kier molecular flexibility index (Phi) is 5.56. The van der Waals surface area contributed by atoms with Crippen LogP contribution < -0.4 is 10.6 Å². The first-order valence-electron chi connectivity index (χ1n) is 6.25. The van der Waals surface area contributed by atoms with Gasteiger partial charge in [-0.25, -0.2) is 9.59 Å². The molecule has 0 spiro atoms. The van der Waals surface area contributed by atoms with Gasteiger partial charge in [0.2, 0.25) is 0 Å². The van der Waals surface area contributed by atoms with E-state index in [0.29, 0.717) is 0 Å². The van der Waals surface area contributed by atoms with Gasteiger partial charge >= 0.3 is 12.0 Å². The van der Waals surface area contributed by atoms with Crippen molar-refractivity contribution >= 4 is 23.6 Å². The van der Waals surface area contributed by atoms with E-state index in [1.807, 2.05) is 5.32 Å². The second-order valence-corrected chi connectivity index (χ2v) is 4.32. The maximum Gasteiger partial charge on any atom is 0.339 e. The molecule has 3 amide bonds. The van der Waals surface area contributed by atoms with Crippen LogP contribution in [0, 0.1) is 17.0 Å². The number of nitro groups is 1. The molecule has 0 aromatic heterocycles. The summed E-state index contributed by atoms with van der Waals surface area (Å²) in [5, 5.41) is 15.0. The van der Waals surface area contributed by atoms with E-state index in [1.165, 1.54) is 39.1 Å². The summed E-state index contributed by atoms with van der Waals surface area (Å²) in [6.07, 6.45) is -1.23. The summed E-state index contributed by atoms with van der Waals surface area (Å²) in [4.78, 5) is 44.8. The lowest BCUT2D eigenvalue weighted by atomic mass is 10.1. The van der Waals surface area contributed by atoms with Gasteiger partial charge in [0.1, 0.15) is 0 Å². The fourth-order valence-electron chi connectivity index (χ4n) is 1.60. The highest BCUT2D eigenvalue weighted by Crippen LogP contribution is 2.22. The van der Waals surface area contributed by atoms with Gasteiger partial charge in [0.25, 0.3) is 11.6 Å². The zero-order valence-corrected chi connectivity index (χ0v) is 12.2. The smallest absolute Gasteiger partial charge is 0.339 e. The van der Waals surface area contributed by atoms with E-state index < -0.39 is 28.9 Å². The lowest BCUT2D eigenvalue weighted by Crippen LogP contribution is -2.43. The van der Waals surface area contributed by atoms with Crippen molar-refractivity contribution in [1.82, 2.24) is 10.6 Å². The first-order valence-corrected chi connectivity index (χ1v) is 6.25. The molecule has 22 heavy (non-hydrogen) atoms. The van der Waals surface area contributed by atoms with Gasteiger partial charge in [-0.15, -0.1) is 0 Å². The molecular formula is C13H15N3O6. The van der Waals surface area contributed by atoms with E-state index in [9.17, 15) is 24.5 Å². The van der Waals surface area contributed by atoms with Gasteiger partial charge in [-0.3, -0.25) is 20.2 Å². The largest absolute Gasteiger partial charge is 0.449 e. The fraction of sp³-hybridized carbons (Fsp3) is 0.308. The zero-order valence-electron chi connectivity index (χ0n) is 12.2. The van der Waals surface area contributed by atoms with E-state index >= 15 is 0 Å². The predicted molar refractivity (Wildman–Crippen MR) is 75.3 cm³/mol. The molecule has 0 saturated heterocycles. The Morgan fingerprint density at radius 1 is 1.32 bits per heavy atom. The molecule has 1 aromatic carbocycles. The number of nitrogens with zero attached hydrogens (tertiary/aromatic N) is 1. The maximum atomic E-state index is 12.0. The van der Waals surface area contributed by atoms with Gasteiger partial charge in [0.15, 0.2) is 6.10 Å². The average molecular weight is 309 g/mol. The molecule has 0 bridgehead atoms. The summed E-state index contributed by atoms with van der Waals surface area (Å²) in [5.41, 5.74) is -0.109. The molecular weight excluding hydrogens is 294 g/mol. The highest BCUT2D eigenvalue weighted by Gasteiger charge is 2.24. The highest BCUT2D eigenvalue weighted by molar-refractivity contribution is 5.99. The third kappa shape index (κ3) is 4.01. The van der Waals surface area contributed by atoms with Gasteiger partial charge in [0, 0.05) is 18.7 Å². The fourth-order valence-corrected chi connectivity index (χ4v) is 1.60. The zero-order chi connectivity index (χ0) is 16.9. The van der Waals surface area contributed by atoms with Crippen LogP contribution in [0.25, 0.3) is 0 Å². The lowest BCUT2D eigenvalue weighted by molar-refractivity contribution is -0.385. The van der Waals surface area contributed by atoms with Crippen molar-refractivity contribution in [1.29, 1.82) is 0 Å². The number of urea groups is 1. The number of carbonyl (C=O) groups is 3. The first kappa shape index (κ1) is 17.1. The van der Waals surface area contributed by atoms with Crippen LogP contribution in [0.1, 0.15) is 22.8 Å². The summed E-state index contributed by atoms with van der Waals surface area (Å²) >= 11 is 0. The van der Waals surface area contributed by atoms with Crippen molar-refractivity contribution in [3.8, 4) is 0 Å². The Balaban J connectivity index is 2.85. The Labute approximate surface area is 125 Å². The summed E-state index contributed by atoms with van der Waals surface area (Å²) in [6.45, 7) is 2.69. The van der Waals surface area contributed by atoms with Gasteiger partial charge < -0.3 is 10.1 Å². The quantitative estimate of drug-likeness (QED) is 0.483. The Bertz CT molecular complexity index is 628. The van der Waals surface area contributed by atoms with Gasteiger partial charge in [-0.1, -0.05) is 6.07 Å². The molecule has 0 radical (unpaired) electrons. The molecule has 1 aromatic rings. The van der Waals surface area contributed by atoms with Crippen molar-refractivity contribution in [3.05, 3.63) is 39.4 Å². The average Bonchev–Trinajstić information content (AvgIpc) is 2.46. The van der Waals surface area contributed by atoms with Gasteiger partial charge in [-0.05, 0) is 19.9 Å². The van der Waals surface area contributed by atoms with Crippen molar-refractivity contribution < 1.29 is 24.0 Å². The van der Waals surface area contributed by atoms with Crippen LogP contribution >= 0.6 is 0 Å².